The summed E-state index contributed by atoms with van der Waals surface area (Å²) < 4.78 is 10.6. The van der Waals surface area contributed by atoms with Gasteiger partial charge in [-0.25, -0.2) is 0 Å². The first kappa shape index (κ1) is 21.1. The molecule has 32 heavy (non-hydrogen) atoms. The van der Waals surface area contributed by atoms with Crippen LogP contribution in [0, 0.1) is 6.92 Å². The molecule has 1 saturated heterocycles. The summed E-state index contributed by atoms with van der Waals surface area (Å²) in [5.41, 5.74) is 2.35. The summed E-state index contributed by atoms with van der Waals surface area (Å²) in [7, 11) is 2.99. The number of nitrogens with zero attached hydrogens (tertiary/aromatic N) is 2. The van der Waals surface area contributed by atoms with Crippen molar-refractivity contribution in [1.29, 1.82) is 0 Å². The molecule has 0 spiro atoms. The SMILES string of the molecule is COc1ccc(/C(O)=C2/C(=O)C(=O)N(c3ccccc3C)C2c2cccnc2)cc1OC. The van der Waals surface area contributed by atoms with Crippen LogP contribution in [0.4, 0.5) is 5.69 Å². The van der Waals surface area contributed by atoms with Crippen LogP contribution >= 0.6 is 0 Å². The Bertz CT molecular complexity index is 1220. The summed E-state index contributed by atoms with van der Waals surface area (Å²) in [6, 6.07) is 14.8. The summed E-state index contributed by atoms with van der Waals surface area (Å²) in [6.45, 7) is 1.86. The lowest BCUT2D eigenvalue weighted by Gasteiger charge is -2.26. The number of ketones is 1. The number of hydrogen-bond acceptors (Lipinski definition) is 6. The van der Waals surface area contributed by atoms with Gasteiger partial charge < -0.3 is 14.6 Å². The third kappa shape index (κ3) is 3.47. The van der Waals surface area contributed by atoms with Crippen molar-refractivity contribution in [3.8, 4) is 11.5 Å². The van der Waals surface area contributed by atoms with Gasteiger partial charge in [0.15, 0.2) is 11.5 Å². The number of carbonyl (C=O) groups is 2. The van der Waals surface area contributed by atoms with E-state index in [1.165, 1.54) is 19.1 Å². The third-order valence-electron chi connectivity index (χ3n) is 5.48. The second kappa shape index (κ2) is 8.55. The molecule has 1 amide bonds. The Kier molecular flexibility index (Phi) is 5.64. The van der Waals surface area contributed by atoms with Gasteiger partial charge in [-0.05, 0) is 48.4 Å². The predicted molar refractivity (Wildman–Crippen MR) is 120 cm³/mol. The van der Waals surface area contributed by atoms with Crippen LogP contribution < -0.4 is 14.4 Å². The van der Waals surface area contributed by atoms with Gasteiger partial charge in [-0.2, -0.15) is 0 Å². The van der Waals surface area contributed by atoms with Crippen molar-refractivity contribution < 1.29 is 24.2 Å². The molecule has 1 aliphatic rings. The van der Waals surface area contributed by atoms with Crippen LogP contribution in [0.2, 0.25) is 0 Å². The van der Waals surface area contributed by atoms with E-state index in [1.54, 1.807) is 54.9 Å². The molecular weight excluding hydrogens is 408 g/mol. The van der Waals surface area contributed by atoms with Crippen LogP contribution in [-0.4, -0.2) is 36.0 Å². The van der Waals surface area contributed by atoms with Gasteiger partial charge in [-0.1, -0.05) is 24.3 Å². The average molecular weight is 430 g/mol. The van der Waals surface area contributed by atoms with E-state index >= 15 is 0 Å². The van der Waals surface area contributed by atoms with Crippen LogP contribution in [-0.2, 0) is 9.59 Å². The molecule has 0 aliphatic carbocycles. The molecule has 1 unspecified atom stereocenters. The summed E-state index contributed by atoms with van der Waals surface area (Å²) in [4.78, 5) is 31.9. The van der Waals surface area contributed by atoms with E-state index in [-0.39, 0.29) is 11.3 Å². The average Bonchev–Trinajstić information content (AvgIpc) is 3.09. The molecule has 7 nitrogen and oxygen atoms in total. The minimum Gasteiger partial charge on any atom is -0.507 e. The van der Waals surface area contributed by atoms with Gasteiger partial charge >= 0.3 is 0 Å². The molecule has 0 saturated carbocycles. The standard InChI is InChI=1S/C25H22N2O5/c1-15-7-4-5-9-18(15)27-22(17-8-6-12-26-14-17)21(24(29)25(27)30)23(28)16-10-11-19(31-2)20(13-16)32-3/h4-14,22,28H,1-3H3/b23-21-. The van der Waals surface area contributed by atoms with Crippen molar-refractivity contribution in [2.75, 3.05) is 19.1 Å². The fraction of sp³-hybridized carbons (Fsp3) is 0.160. The molecular formula is C25H22N2O5. The molecule has 3 aromatic rings. The van der Waals surface area contributed by atoms with E-state index in [0.29, 0.717) is 28.3 Å². The number of aromatic nitrogens is 1. The summed E-state index contributed by atoms with van der Waals surface area (Å²) in [6.07, 6.45) is 3.20. The lowest BCUT2D eigenvalue weighted by Crippen LogP contribution is -2.30. The fourth-order valence-corrected chi connectivity index (χ4v) is 3.91. The molecule has 1 N–H and O–H groups in total. The minimum atomic E-state index is -0.835. The van der Waals surface area contributed by atoms with Crippen LogP contribution in [0.1, 0.15) is 22.7 Å². The highest BCUT2D eigenvalue weighted by atomic mass is 16.5. The number of hydrogen-bond donors (Lipinski definition) is 1. The number of pyridine rings is 1. The topological polar surface area (TPSA) is 89.0 Å². The molecule has 162 valence electrons. The predicted octanol–water partition coefficient (Wildman–Crippen LogP) is 4.03. The van der Waals surface area contributed by atoms with E-state index in [4.69, 9.17) is 9.47 Å². The van der Waals surface area contributed by atoms with Gasteiger partial charge in [0.05, 0.1) is 25.8 Å². The highest BCUT2D eigenvalue weighted by molar-refractivity contribution is 6.51. The molecule has 0 radical (unpaired) electrons. The van der Waals surface area contributed by atoms with Gasteiger partial charge in [0.1, 0.15) is 5.76 Å². The fourth-order valence-electron chi connectivity index (χ4n) is 3.91. The lowest BCUT2D eigenvalue weighted by molar-refractivity contribution is -0.132. The Balaban J connectivity index is 1.95. The van der Waals surface area contributed by atoms with Crippen LogP contribution in [0.25, 0.3) is 5.76 Å². The summed E-state index contributed by atoms with van der Waals surface area (Å²) in [5.74, 6) is -0.908. The van der Waals surface area contributed by atoms with Crippen LogP contribution in [0.15, 0.2) is 72.6 Å². The zero-order chi connectivity index (χ0) is 22.8. The van der Waals surface area contributed by atoms with E-state index in [1.807, 2.05) is 19.1 Å². The first-order valence-corrected chi connectivity index (χ1v) is 9.97. The molecule has 7 heteroatoms. The van der Waals surface area contributed by atoms with E-state index in [2.05, 4.69) is 4.98 Å². The first-order valence-electron chi connectivity index (χ1n) is 9.97. The Morgan fingerprint density at radius 2 is 1.75 bits per heavy atom. The quantitative estimate of drug-likeness (QED) is 0.373. The van der Waals surface area contributed by atoms with Gasteiger partial charge in [0, 0.05) is 23.6 Å². The van der Waals surface area contributed by atoms with Gasteiger partial charge in [-0.15, -0.1) is 0 Å². The number of Topliss-reactive ketones (excluding diaryl/α,β-unsaturated/α-hetero) is 1. The van der Waals surface area contributed by atoms with Crippen molar-refractivity contribution in [3.05, 3.63) is 89.3 Å². The first-order chi connectivity index (χ1) is 15.5. The minimum absolute atomic E-state index is 0.0153. The zero-order valence-electron chi connectivity index (χ0n) is 17.9. The van der Waals surface area contributed by atoms with Crippen molar-refractivity contribution >= 4 is 23.1 Å². The second-order valence-corrected chi connectivity index (χ2v) is 7.31. The van der Waals surface area contributed by atoms with Crippen LogP contribution in [0.3, 0.4) is 0 Å². The van der Waals surface area contributed by atoms with Crippen LogP contribution in [0.5, 0.6) is 11.5 Å². The largest absolute Gasteiger partial charge is 0.507 e. The van der Waals surface area contributed by atoms with Crippen molar-refractivity contribution in [1.82, 2.24) is 4.98 Å². The van der Waals surface area contributed by atoms with Gasteiger partial charge in [-0.3, -0.25) is 19.5 Å². The van der Waals surface area contributed by atoms with E-state index < -0.39 is 17.7 Å². The molecule has 1 fully saturated rings. The number of aliphatic hydroxyl groups is 1. The number of anilines is 1. The molecule has 0 bridgehead atoms. The second-order valence-electron chi connectivity index (χ2n) is 7.31. The third-order valence-corrected chi connectivity index (χ3v) is 5.48. The molecule has 2 heterocycles. The smallest absolute Gasteiger partial charge is 0.300 e. The Morgan fingerprint density at radius 1 is 1.00 bits per heavy atom. The maximum atomic E-state index is 13.2. The number of ether oxygens (including phenoxy) is 2. The highest BCUT2D eigenvalue weighted by Crippen LogP contribution is 2.43. The number of benzene rings is 2. The molecule has 1 atom stereocenters. The van der Waals surface area contributed by atoms with Gasteiger partial charge in [0.2, 0.25) is 0 Å². The Hall–Kier alpha value is -4.13. The van der Waals surface area contributed by atoms with Crippen molar-refractivity contribution in [3.63, 3.8) is 0 Å². The van der Waals surface area contributed by atoms with Gasteiger partial charge in [0.25, 0.3) is 11.7 Å². The molecule has 2 aromatic carbocycles. The lowest BCUT2D eigenvalue weighted by atomic mass is 9.96. The Morgan fingerprint density at radius 3 is 2.41 bits per heavy atom. The monoisotopic (exact) mass is 430 g/mol. The van der Waals surface area contributed by atoms with Crippen molar-refractivity contribution in [2.45, 2.75) is 13.0 Å². The van der Waals surface area contributed by atoms with Crippen molar-refractivity contribution in [2.24, 2.45) is 0 Å². The van der Waals surface area contributed by atoms with E-state index in [0.717, 1.165) is 5.56 Å². The number of rotatable bonds is 5. The Labute approximate surface area is 185 Å². The molecule has 1 aromatic heterocycles. The zero-order valence-corrected chi connectivity index (χ0v) is 17.9. The summed E-state index contributed by atoms with van der Waals surface area (Å²) >= 11 is 0. The highest BCUT2D eigenvalue weighted by Gasteiger charge is 2.47. The maximum Gasteiger partial charge on any atom is 0.300 e. The molecule has 4 rings (SSSR count). The number of aliphatic hydroxyl groups excluding tert-OH is 1. The number of aryl methyl sites for hydroxylation is 1. The number of carbonyl (C=O) groups excluding carboxylic acids is 2. The van der Waals surface area contributed by atoms with E-state index in [9.17, 15) is 14.7 Å². The summed E-state index contributed by atoms with van der Waals surface area (Å²) in [5, 5.41) is 11.2. The number of methoxy groups -OCH3 is 2. The molecule has 1 aliphatic heterocycles. The number of para-hydroxylation sites is 1. The maximum absolute atomic E-state index is 13.2. The normalized spacial score (nSPS) is 17.5. The number of amides is 1.